The number of ether oxygens (including phenoxy) is 2. The van der Waals surface area contributed by atoms with Gasteiger partial charge in [-0.1, -0.05) is 76.2 Å². The van der Waals surface area contributed by atoms with Crippen molar-refractivity contribution in [1.29, 1.82) is 0 Å². The van der Waals surface area contributed by atoms with Crippen molar-refractivity contribution in [3.63, 3.8) is 0 Å². The number of alkyl halides is 2. The van der Waals surface area contributed by atoms with Gasteiger partial charge in [0.1, 0.15) is 25.6 Å². The number of hydrogen-bond donors (Lipinski definition) is 0. The molecule has 0 unspecified atom stereocenters. The van der Waals surface area contributed by atoms with Crippen LogP contribution in [0.4, 0.5) is 8.78 Å². The number of carbonyl (C=O) groups excluding carboxylic acids is 2. The molecule has 6 heteroatoms. The molecule has 2 atom stereocenters. The highest BCUT2D eigenvalue weighted by atomic mass is 19.1. The smallest absolute Gasteiger partial charge is 0.338 e. The molecular formula is C30H32F2O4. The molecule has 0 saturated carbocycles. The third-order valence-corrected chi connectivity index (χ3v) is 5.99. The molecule has 0 saturated heterocycles. The maximum atomic E-state index is 13.7. The molecule has 0 amide bonds. The Labute approximate surface area is 211 Å². The van der Waals surface area contributed by atoms with Gasteiger partial charge in [-0.15, -0.1) is 0 Å². The van der Waals surface area contributed by atoms with Crippen molar-refractivity contribution in [3.05, 3.63) is 83.9 Å². The monoisotopic (exact) mass is 494 g/mol. The summed E-state index contributed by atoms with van der Waals surface area (Å²) >= 11 is 0. The molecule has 0 aliphatic heterocycles. The van der Waals surface area contributed by atoms with Crippen molar-refractivity contribution in [2.75, 3.05) is 13.2 Å². The van der Waals surface area contributed by atoms with Gasteiger partial charge in [-0.05, 0) is 58.4 Å². The Morgan fingerprint density at radius 1 is 0.556 bits per heavy atom. The fourth-order valence-electron chi connectivity index (χ4n) is 3.31. The maximum Gasteiger partial charge on any atom is 0.338 e. The van der Waals surface area contributed by atoms with Gasteiger partial charge in [-0.3, -0.25) is 0 Å². The van der Waals surface area contributed by atoms with Gasteiger partial charge in [0.2, 0.25) is 0 Å². The van der Waals surface area contributed by atoms with E-state index in [1.54, 1.807) is 52.0 Å². The molecule has 36 heavy (non-hydrogen) atoms. The lowest BCUT2D eigenvalue weighted by molar-refractivity contribution is 0.0343. The summed E-state index contributed by atoms with van der Waals surface area (Å²) in [5.41, 5.74) is 4.53. The molecular weight excluding hydrogens is 462 g/mol. The first-order chi connectivity index (χ1) is 17.2. The summed E-state index contributed by atoms with van der Waals surface area (Å²) in [6, 6.07) is 21.8. The number of carbonyl (C=O) groups is 2. The zero-order valence-electron chi connectivity index (χ0n) is 21.0. The molecule has 0 N–H and O–H groups in total. The second-order valence-electron chi connectivity index (χ2n) is 9.45. The SMILES string of the molecule is CC(C)[C@H](F)COC(=O)c1ccc(-c2ccc(-c3ccc(C(=O)OC[C@@H](F)C(C)C)cc3)cc2)cc1. The van der Waals surface area contributed by atoms with E-state index >= 15 is 0 Å². The maximum absolute atomic E-state index is 13.7. The van der Waals surface area contributed by atoms with Crippen LogP contribution in [0.25, 0.3) is 22.3 Å². The number of esters is 2. The van der Waals surface area contributed by atoms with Gasteiger partial charge in [-0.25, -0.2) is 18.4 Å². The first-order valence-electron chi connectivity index (χ1n) is 12.1. The van der Waals surface area contributed by atoms with Gasteiger partial charge in [0.25, 0.3) is 0 Å². The van der Waals surface area contributed by atoms with Gasteiger partial charge < -0.3 is 9.47 Å². The van der Waals surface area contributed by atoms with Crippen molar-refractivity contribution in [3.8, 4) is 22.3 Å². The first-order valence-corrected chi connectivity index (χ1v) is 12.1. The Kier molecular flexibility index (Phi) is 9.34. The van der Waals surface area contributed by atoms with Crippen LogP contribution in [0.2, 0.25) is 0 Å². The third kappa shape index (κ3) is 7.23. The van der Waals surface area contributed by atoms with Crippen LogP contribution in [-0.4, -0.2) is 37.5 Å². The van der Waals surface area contributed by atoms with Crippen molar-refractivity contribution >= 4 is 11.9 Å². The average molecular weight is 495 g/mol. The number of rotatable bonds is 10. The molecule has 3 aromatic carbocycles. The van der Waals surface area contributed by atoms with Crippen LogP contribution in [0.3, 0.4) is 0 Å². The molecule has 0 heterocycles. The normalized spacial score (nSPS) is 12.9. The Balaban J connectivity index is 1.61. The van der Waals surface area contributed by atoms with E-state index < -0.39 is 24.3 Å². The lowest BCUT2D eigenvalue weighted by Gasteiger charge is -2.12. The molecule has 0 aliphatic rings. The molecule has 0 spiro atoms. The second kappa shape index (κ2) is 12.4. The van der Waals surface area contributed by atoms with Crippen LogP contribution in [0.1, 0.15) is 48.4 Å². The topological polar surface area (TPSA) is 52.6 Å². The van der Waals surface area contributed by atoms with Gasteiger partial charge >= 0.3 is 11.9 Å². The Morgan fingerprint density at radius 2 is 0.806 bits per heavy atom. The lowest BCUT2D eigenvalue weighted by atomic mass is 9.99. The standard InChI is InChI=1S/C30H32F2O4/c1-19(2)27(31)17-35-29(33)25-13-9-23(10-14-25)21-5-7-22(8-6-21)24-11-15-26(16-12-24)30(34)36-18-28(32)20(3)4/h5-16,19-20,27-28H,17-18H2,1-4H3/t27-,28-/m1/s1. The Bertz CT molecular complexity index is 1040. The number of halogens is 2. The van der Waals surface area contributed by atoms with E-state index in [0.717, 1.165) is 22.3 Å². The molecule has 0 bridgehead atoms. The lowest BCUT2D eigenvalue weighted by Crippen LogP contribution is -2.19. The minimum Gasteiger partial charge on any atom is -0.459 e. The van der Waals surface area contributed by atoms with E-state index in [1.807, 2.05) is 48.5 Å². The third-order valence-electron chi connectivity index (χ3n) is 5.99. The molecule has 0 aromatic heterocycles. The van der Waals surface area contributed by atoms with Crippen molar-refractivity contribution in [2.45, 2.75) is 40.0 Å². The predicted molar refractivity (Wildman–Crippen MR) is 137 cm³/mol. The van der Waals surface area contributed by atoms with Crippen molar-refractivity contribution in [1.82, 2.24) is 0 Å². The number of benzene rings is 3. The molecule has 0 fully saturated rings. The molecule has 3 aromatic rings. The fraction of sp³-hybridized carbons (Fsp3) is 0.333. The highest BCUT2D eigenvalue weighted by Crippen LogP contribution is 2.26. The predicted octanol–water partition coefficient (Wildman–Crippen LogP) is 7.32. The van der Waals surface area contributed by atoms with E-state index in [1.165, 1.54) is 0 Å². The average Bonchev–Trinajstić information content (AvgIpc) is 2.90. The van der Waals surface area contributed by atoms with Gasteiger partial charge in [-0.2, -0.15) is 0 Å². The van der Waals surface area contributed by atoms with Gasteiger partial charge in [0.05, 0.1) is 11.1 Å². The summed E-state index contributed by atoms with van der Waals surface area (Å²) in [4.78, 5) is 24.3. The van der Waals surface area contributed by atoms with Gasteiger partial charge in [0.15, 0.2) is 0 Å². The largest absolute Gasteiger partial charge is 0.459 e. The fourth-order valence-corrected chi connectivity index (χ4v) is 3.31. The summed E-state index contributed by atoms with van der Waals surface area (Å²) in [6.07, 6.45) is -2.37. The minimum absolute atomic E-state index is 0.206. The van der Waals surface area contributed by atoms with Crippen LogP contribution in [-0.2, 0) is 9.47 Å². The van der Waals surface area contributed by atoms with E-state index in [9.17, 15) is 18.4 Å². The highest BCUT2D eigenvalue weighted by molar-refractivity contribution is 5.91. The molecule has 0 aliphatic carbocycles. The molecule has 3 rings (SSSR count). The highest BCUT2D eigenvalue weighted by Gasteiger charge is 2.17. The summed E-state index contributed by atoms with van der Waals surface area (Å²) in [5, 5.41) is 0. The van der Waals surface area contributed by atoms with Crippen molar-refractivity contribution < 1.29 is 27.8 Å². The second-order valence-corrected chi connectivity index (χ2v) is 9.45. The van der Waals surface area contributed by atoms with Crippen molar-refractivity contribution in [2.24, 2.45) is 11.8 Å². The summed E-state index contributed by atoms with van der Waals surface area (Å²) in [7, 11) is 0. The van der Waals surface area contributed by atoms with E-state index in [-0.39, 0.29) is 25.0 Å². The molecule has 4 nitrogen and oxygen atoms in total. The zero-order chi connectivity index (χ0) is 26.2. The van der Waals surface area contributed by atoms with Crippen LogP contribution in [0.15, 0.2) is 72.8 Å². The van der Waals surface area contributed by atoms with E-state index in [4.69, 9.17) is 9.47 Å². The van der Waals surface area contributed by atoms with E-state index in [2.05, 4.69) is 0 Å². The summed E-state index contributed by atoms with van der Waals surface area (Å²) in [6.45, 7) is 6.45. The van der Waals surface area contributed by atoms with Crippen LogP contribution >= 0.6 is 0 Å². The quantitative estimate of drug-likeness (QED) is 0.277. The van der Waals surface area contributed by atoms with Gasteiger partial charge in [0, 0.05) is 0 Å². The van der Waals surface area contributed by atoms with Crippen LogP contribution < -0.4 is 0 Å². The zero-order valence-corrected chi connectivity index (χ0v) is 21.0. The number of hydrogen-bond acceptors (Lipinski definition) is 4. The molecule has 190 valence electrons. The van der Waals surface area contributed by atoms with Crippen LogP contribution in [0, 0.1) is 11.8 Å². The Morgan fingerprint density at radius 3 is 1.06 bits per heavy atom. The van der Waals surface area contributed by atoms with E-state index in [0.29, 0.717) is 11.1 Å². The summed E-state index contributed by atoms with van der Waals surface area (Å²) in [5.74, 6) is -1.50. The van der Waals surface area contributed by atoms with Crippen LogP contribution in [0.5, 0.6) is 0 Å². The summed E-state index contributed by atoms with van der Waals surface area (Å²) < 4.78 is 37.5. The Hall–Kier alpha value is -3.54. The molecule has 0 radical (unpaired) electrons. The first kappa shape index (κ1) is 27.1. The minimum atomic E-state index is -1.18.